The second kappa shape index (κ2) is 8.99. The number of rotatable bonds is 4. The Kier molecular flexibility index (Phi) is 6.56. The summed E-state index contributed by atoms with van der Waals surface area (Å²) in [7, 11) is 0. The van der Waals surface area contributed by atoms with E-state index in [1.165, 1.54) is 24.0 Å². The highest BCUT2D eigenvalue weighted by molar-refractivity contribution is 5.84. The van der Waals surface area contributed by atoms with Gasteiger partial charge in [-0.05, 0) is 37.5 Å². The van der Waals surface area contributed by atoms with E-state index in [0.717, 1.165) is 15.8 Å². The lowest BCUT2D eigenvalue weighted by molar-refractivity contribution is -0.185. The Morgan fingerprint density at radius 1 is 1.13 bits per heavy atom. The quantitative estimate of drug-likeness (QED) is 0.683. The van der Waals surface area contributed by atoms with E-state index >= 15 is 0 Å². The van der Waals surface area contributed by atoms with Gasteiger partial charge in [-0.2, -0.15) is 13.2 Å². The maximum absolute atomic E-state index is 12.7. The summed E-state index contributed by atoms with van der Waals surface area (Å²) < 4.78 is 48.9. The van der Waals surface area contributed by atoms with E-state index < -0.39 is 29.7 Å². The number of halogens is 3. The van der Waals surface area contributed by atoms with Crippen LogP contribution in [-0.2, 0) is 16.0 Å². The molecule has 2 amide bonds. The fourth-order valence-corrected chi connectivity index (χ4v) is 3.61. The van der Waals surface area contributed by atoms with E-state index in [1.54, 1.807) is 12.1 Å². The molecule has 3 rings (SSSR count). The Labute approximate surface area is 176 Å². The number of benzene rings is 1. The molecule has 1 aliphatic heterocycles. The van der Waals surface area contributed by atoms with Gasteiger partial charge in [0.2, 0.25) is 0 Å². The highest BCUT2D eigenvalue weighted by Crippen LogP contribution is 2.24. The maximum atomic E-state index is 12.7. The van der Waals surface area contributed by atoms with E-state index in [2.05, 4.69) is 0 Å². The minimum atomic E-state index is -4.93. The van der Waals surface area contributed by atoms with Crippen LogP contribution in [0.5, 0.6) is 5.75 Å². The van der Waals surface area contributed by atoms with Crippen LogP contribution < -0.4 is 10.4 Å². The van der Waals surface area contributed by atoms with Gasteiger partial charge in [0, 0.05) is 43.7 Å². The molecule has 10 heteroatoms. The molecule has 0 N–H and O–H groups in total. The zero-order valence-corrected chi connectivity index (χ0v) is 17.2. The summed E-state index contributed by atoms with van der Waals surface area (Å²) in [6, 6.07) is 6.38. The van der Waals surface area contributed by atoms with Gasteiger partial charge >= 0.3 is 17.7 Å². The summed E-state index contributed by atoms with van der Waals surface area (Å²) >= 11 is 0. The predicted octanol–water partition coefficient (Wildman–Crippen LogP) is 2.75. The zero-order chi connectivity index (χ0) is 22.8. The molecule has 0 saturated carbocycles. The van der Waals surface area contributed by atoms with Crippen LogP contribution in [0.25, 0.3) is 11.0 Å². The van der Waals surface area contributed by atoms with Crippen molar-refractivity contribution >= 4 is 22.8 Å². The summed E-state index contributed by atoms with van der Waals surface area (Å²) in [4.78, 5) is 38.0. The predicted molar refractivity (Wildman–Crippen MR) is 106 cm³/mol. The molecule has 1 aromatic carbocycles. The number of hydrogen-bond donors (Lipinski definition) is 0. The van der Waals surface area contributed by atoms with Gasteiger partial charge in [-0.3, -0.25) is 9.59 Å². The van der Waals surface area contributed by atoms with Gasteiger partial charge in [-0.25, -0.2) is 4.79 Å². The van der Waals surface area contributed by atoms with Gasteiger partial charge in [-0.1, -0.05) is 6.92 Å². The number of nitrogens with zero attached hydrogens (tertiary/aromatic N) is 2. The van der Waals surface area contributed by atoms with Crippen LogP contribution >= 0.6 is 0 Å². The van der Waals surface area contributed by atoms with Crippen LogP contribution in [0, 0.1) is 0 Å². The molecule has 1 unspecified atom stereocenters. The van der Waals surface area contributed by atoms with Crippen LogP contribution in [0.15, 0.2) is 33.5 Å². The fourth-order valence-electron chi connectivity index (χ4n) is 3.61. The first kappa shape index (κ1) is 22.6. The van der Waals surface area contributed by atoms with Gasteiger partial charge < -0.3 is 19.0 Å². The summed E-state index contributed by atoms with van der Waals surface area (Å²) in [6.07, 6.45) is -4.96. The van der Waals surface area contributed by atoms with Crippen molar-refractivity contribution < 1.29 is 31.9 Å². The smallest absolute Gasteiger partial charge is 0.471 e. The first-order chi connectivity index (χ1) is 14.6. The summed E-state index contributed by atoms with van der Waals surface area (Å²) in [6.45, 7) is 3.40. The molecule has 1 atom stereocenters. The van der Waals surface area contributed by atoms with Crippen LogP contribution in [0.1, 0.15) is 25.8 Å². The Morgan fingerprint density at radius 3 is 2.48 bits per heavy atom. The van der Waals surface area contributed by atoms with Crippen molar-refractivity contribution in [2.45, 2.75) is 39.0 Å². The van der Waals surface area contributed by atoms with Crippen molar-refractivity contribution in [3.8, 4) is 5.75 Å². The third-order valence-corrected chi connectivity index (χ3v) is 5.18. The molecule has 0 radical (unpaired) electrons. The average Bonchev–Trinajstić information content (AvgIpc) is 2.97. The number of ether oxygens (including phenoxy) is 1. The molecule has 1 fully saturated rings. The molecule has 168 valence electrons. The molecule has 0 aliphatic carbocycles. The molecule has 1 aromatic heterocycles. The van der Waals surface area contributed by atoms with E-state index in [-0.39, 0.29) is 32.6 Å². The molecular formula is C21H23F3N2O5. The number of alkyl halides is 3. The molecule has 1 saturated heterocycles. The number of hydrogen-bond acceptors (Lipinski definition) is 5. The van der Waals surface area contributed by atoms with Crippen molar-refractivity contribution in [3.63, 3.8) is 0 Å². The second-order valence-corrected chi connectivity index (χ2v) is 7.33. The van der Waals surface area contributed by atoms with Gasteiger partial charge in [0.05, 0.1) is 0 Å². The third-order valence-electron chi connectivity index (χ3n) is 5.18. The van der Waals surface area contributed by atoms with E-state index in [9.17, 15) is 27.6 Å². The minimum absolute atomic E-state index is 0.0131. The van der Waals surface area contributed by atoms with E-state index in [0.29, 0.717) is 17.8 Å². The molecule has 7 nitrogen and oxygen atoms in total. The number of fused-ring (bicyclic) bond motifs is 1. The number of carbonyl (C=O) groups excluding carboxylic acids is 2. The van der Waals surface area contributed by atoms with Crippen LogP contribution in [-0.4, -0.2) is 60.1 Å². The molecular weight excluding hydrogens is 417 g/mol. The molecule has 0 bridgehead atoms. The van der Waals surface area contributed by atoms with Gasteiger partial charge in [0.1, 0.15) is 11.3 Å². The Hall–Kier alpha value is -3.04. The largest absolute Gasteiger partial charge is 0.481 e. The Balaban J connectivity index is 1.68. The molecule has 31 heavy (non-hydrogen) atoms. The topological polar surface area (TPSA) is 80.1 Å². The van der Waals surface area contributed by atoms with Crippen molar-refractivity contribution in [3.05, 3.63) is 40.2 Å². The SMILES string of the molecule is CCc1cc(=O)oc2cc(OC(C)C(=O)N3CCCN(C(=O)C(F)(F)F)CC3)ccc12. The number of amides is 2. The lowest BCUT2D eigenvalue weighted by Gasteiger charge is -2.25. The molecule has 2 aromatic rings. The highest BCUT2D eigenvalue weighted by Gasteiger charge is 2.43. The molecule has 1 aliphatic rings. The first-order valence-corrected chi connectivity index (χ1v) is 9.98. The fraction of sp³-hybridized carbons (Fsp3) is 0.476. The van der Waals surface area contributed by atoms with Crippen molar-refractivity contribution in [1.29, 1.82) is 0 Å². The standard InChI is InChI=1S/C21H23F3N2O5/c1-3-14-11-18(27)31-17-12-15(5-6-16(14)17)30-13(2)19(28)25-7-4-8-26(10-9-25)20(29)21(22,23)24/h5-6,11-13H,3-4,7-10H2,1-2H3. The maximum Gasteiger partial charge on any atom is 0.471 e. The molecule has 2 heterocycles. The second-order valence-electron chi connectivity index (χ2n) is 7.33. The minimum Gasteiger partial charge on any atom is -0.481 e. The van der Waals surface area contributed by atoms with Gasteiger partial charge in [-0.15, -0.1) is 0 Å². The van der Waals surface area contributed by atoms with Gasteiger partial charge in [0.15, 0.2) is 6.10 Å². The summed E-state index contributed by atoms with van der Waals surface area (Å²) in [5.74, 6) is -1.96. The monoisotopic (exact) mass is 440 g/mol. The summed E-state index contributed by atoms with van der Waals surface area (Å²) in [5.41, 5.74) is 0.704. The number of carbonyl (C=O) groups is 2. The number of aryl methyl sites for hydroxylation is 1. The van der Waals surface area contributed by atoms with E-state index in [4.69, 9.17) is 9.15 Å². The third kappa shape index (κ3) is 5.18. The Morgan fingerprint density at radius 2 is 1.81 bits per heavy atom. The van der Waals surface area contributed by atoms with Crippen LogP contribution in [0.2, 0.25) is 0 Å². The highest BCUT2D eigenvalue weighted by atomic mass is 19.4. The lowest BCUT2D eigenvalue weighted by Crippen LogP contribution is -2.45. The van der Waals surface area contributed by atoms with Crippen molar-refractivity contribution in [2.75, 3.05) is 26.2 Å². The normalized spacial score (nSPS) is 16.2. The van der Waals surface area contributed by atoms with Crippen LogP contribution in [0.4, 0.5) is 13.2 Å². The van der Waals surface area contributed by atoms with Crippen molar-refractivity contribution in [2.24, 2.45) is 0 Å². The van der Waals surface area contributed by atoms with Crippen molar-refractivity contribution in [1.82, 2.24) is 9.80 Å². The first-order valence-electron chi connectivity index (χ1n) is 9.98. The average molecular weight is 440 g/mol. The zero-order valence-electron chi connectivity index (χ0n) is 17.2. The lowest BCUT2D eigenvalue weighted by atomic mass is 10.1. The summed E-state index contributed by atoms with van der Waals surface area (Å²) in [5, 5.41) is 0.773. The Bertz CT molecular complexity index is 1030. The molecule has 0 spiro atoms. The van der Waals surface area contributed by atoms with Gasteiger partial charge in [0.25, 0.3) is 5.91 Å². The van der Waals surface area contributed by atoms with E-state index in [1.807, 2.05) is 6.92 Å². The van der Waals surface area contributed by atoms with Crippen LogP contribution in [0.3, 0.4) is 0 Å².